The zero-order chi connectivity index (χ0) is 12.4. The highest BCUT2D eigenvalue weighted by Crippen LogP contribution is 2.27. The van der Waals surface area contributed by atoms with Gasteiger partial charge in [0, 0.05) is 18.8 Å². The second kappa shape index (κ2) is 4.52. The lowest BCUT2D eigenvalue weighted by Gasteiger charge is -2.11. The van der Waals surface area contributed by atoms with Gasteiger partial charge in [0.05, 0.1) is 6.54 Å². The Morgan fingerprint density at radius 3 is 3.17 bits per heavy atom. The molecule has 1 atom stereocenters. The molecule has 2 heterocycles. The number of aromatic nitrogens is 2. The molecule has 1 unspecified atom stereocenters. The molecule has 5 heteroatoms. The van der Waals surface area contributed by atoms with Crippen LogP contribution in [0.2, 0.25) is 0 Å². The number of nitrogens with one attached hydrogen (secondary N) is 1. The number of ether oxygens (including phenoxy) is 1. The van der Waals surface area contributed by atoms with Gasteiger partial charge in [0.15, 0.2) is 0 Å². The van der Waals surface area contributed by atoms with Crippen LogP contribution in [0.15, 0.2) is 43.0 Å². The molecule has 92 valence electrons. The van der Waals surface area contributed by atoms with Gasteiger partial charge in [-0.2, -0.15) is 0 Å². The number of hydrogen-bond donors (Lipinski definition) is 1. The Balaban J connectivity index is 1.56. The maximum atomic E-state index is 11.7. The molecule has 1 aliphatic heterocycles. The lowest BCUT2D eigenvalue weighted by Crippen LogP contribution is -2.36. The number of rotatable bonds is 2. The zero-order valence-electron chi connectivity index (χ0n) is 9.74. The van der Waals surface area contributed by atoms with Gasteiger partial charge in [0.2, 0.25) is 0 Å². The first-order valence-corrected chi connectivity index (χ1v) is 5.83. The first kappa shape index (κ1) is 10.8. The second-order valence-corrected chi connectivity index (χ2v) is 4.21. The number of benzene rings is 1. The van der Waals surface area contributed by atoms with Gasteiger partial charge in [0.25, 0.3) is 0 Å². The van der Waals surface area contributed by atoms with Crippen LogP contribution in [0.3, 0.4) is 0 Å². The molecule has 1 aliphatic rings. The van der Waals surface area contributed by atoms with Crippen LogP contribution in [0.25, 0.3) is 0 Å². The molecular formula is C13H13N3O2. The molecule has 0 fully saturated rings. The van der Waals surface area contributed by atoms with Crippen LogP contribution in [0.4, 0.5) is 4.79 Å². The minimum absolute atomic E-state index is 0.00914. The smallest absolute Gasteiger partial charge is 0.326 e. The molecule has 0 saturated heterocycles. The first-order valence-electron chi connectivity index (χ1n) is 5.83. The highest BCUT2D eigenvalue weighted by atomic mass is 16.5. The van der Waals surface area contributed by atoms with Gasteiger partial charge in [-0.1, -0.05) is 18.2 Å². The van der Waals surface area contributed by atoms with E-state index in [0.29, 0.717) is 6.54 Å². The Hall–Kier alpha value is -2.30. The molecule has 3 rings (SSSR count). The number of amides is 1. The summed E-state index contributed by atoms with van der Waals surface area (Å²) in [6, 6.07) is 7.76. The quantitative estimate of drug-likeness (QED) is 0.868. The van der Waals surface area contributed by atoms with Crippen LogP contribution in [0.5, 0.6) is 5.75 Å². The number of nitrogens with zero attached hydrogens (tertiary/aromatic N) is 2. The van der Waals surface area contributed by atoms with Crippen molar-refractivity contribution in [3.8, 4) is 5.75 Å². The van der Waals surface area contributed by atoms with Gasteiger partial charge in [-0.15, -0.1) is 0 Å². The summed E-state index contributed by atoms with van der Waals surface area (Å²) in [5.41, 5.74) is 1.19. The highest BCUT2D eigenvalue weighted by Gasteiger charge is 2.22. The SMILES string of the molecule is O=C(NCC1Cc2ccccc2O1)n1ccnc1. The van der Waals surface area contributed by atoms with E-state index in [0.717, 1.165) is 12.2 Å². The standard InChI is InChI=1S/C13H13N3O2/c17-13(16-6-5-14-9-16)15-8-11-7-10-3-1-2-4-12(10)18-11/h1-6,9,11H,7-8H2,(H,15,17). The molecule has 0 bridgehead atoms. The fourth-order valence-corrected chi connectivity index (χ4v) is 2.04. The Bertz CT molecular complexity index is 526. The van der Waals surface area contributed by atoms with E-state index in [4.69, 9.17) is 4.74 Å². The fraction of sp³-hybridized carbons (Fsp3) is 0.231. The molecule has 1 N–H and O–H groups in total. The minimum Gasteiger partial charge on any atom is -0.488 e. The molecule has 0 radical (unpaired) electrons. The molecule has 1 aromatic heterocycles. The van der Waals surface area contributed by atoms with E-state index < -0.39 is 0 Å². The highest BCUT2D eigenvalue weighted by molar-refractivity contribution is 5.76. The van der Waals surface area contributed by atoms with Crippen molar-refractivity contribution in [2.45, 2.75) is 12.5 Å². The Morgan fingerprint density at radius 2 is 2.39 bits per heavy atom. The van der Waals surface area contributed by atoms with Gasteiger partial charge in [-0.3, -0.25) is 4.57 Å². The van der Waals surface area contributed by atoms with Crippen LogP contribution in [-0.2, 0) is 6.42 Å². The van der Waals surface area contributed by atoms with Gasteiger partial charge in [-0.05, 0) is 11.6 Å². The van der Waals surface area contributed by atoms with Gasteiger partial charge < -0.3 is 10.1 Å². The molecule has 0 spiro atoms. The van der Waals surface area contributed by atoms with Crippen molar-refractivity contribution >= 4 is 6.03 Å². The number of imidazole rings is 1. The van der Waals surface area contributed by atoms with E-state index >= 15 is 0 Å². The summed E-state index contributed by atoms with van der Waals surface area (Å²) in [6.07, 6.45) is 5.50. The predicted octanol–water partition coefficient (Wildman–Crippen LogP) is 1.44. The molecule has 18 heavy (non-hydrogen) atoms. The molecule has 5 nitrogen and oxygen atoms in total. The van der Waals surface area contributed by atoms with Crippen molar-refractivity contribution < 1.29 is 9.53 Å². The maximum Gasteiger partial charge on any atom is 0.326 e. The lowest BCUT2D eigenvalue weighted by atomic mass is 10.1. The summed E-state index contributed by atoms with van der Waals surface area (Å²) in [7, 11) is 0. The molecular weight excluding hydrogens is 230 g/mol. The third-order valence-electron chi connectivity index (χ3n) is 2.93. The monoisotopic (exact) mass is 243 g/mol. The summed E-state index contributed by atoms with van der Waals surface area (Å²) in [5, 5.41) is 2.82. The largest absolute Gasteiger partial charge is 0.488 e. The van der Waals surface area contributed by atoms with Crippen molar-refractivity contribution in [2.24, 2.45) is 0 Å². The summed E-state index contributed by atoms with van der Waals surface area (Å²) in [6.45, 7) is 0.492. The minimum atomic E-state index is -0.188. The van der Waals surface area contributed by atoms with Crippen molar-refractivity contribution in [1.29, 1.82) is 0 Å². The van der Waals surface area contributed by atoms with Gasteiger partial charge in [-0.25, -0.2) is 9.78 Å². The van der Waals surface area contributed by atoms with Crippen LogP contribution in [0.1, 0.15) is 5.56 Å². The van der Waals surface area contributed by atoms with Crippen molar-refractivity contribution in [1.82, 2.24) is 14.9 Å². The first-order chi connectivity index (χ1) is 8.83. The van der Waals surface area contributed by atoms with Crippen molar-refractivity contribution in [3.63, 3.8) is 0 Å². The lowest BCUT2D eigenvalue weighted by molar-refractivity contribution is 0.214. The Labute approximate surface area is 104 Å². The normalized spacial score (nSPS) is 17.0. The molecule has 2 aromatic rings. The Morgan fingerprint density at radius 1 is 1.50 bits per heavy atom. The van der Waals surface area contributed by atoms with Crippen LogP contribution < -0.4 is 10.1 Å². The number of carbonyl (C=O) groups is 1. The summed E-state index contributed by atoms with van der Waals surface area (Å²) in [5.74, 6) is 0.916. The zero-order valence-corrected chi connectivity index (χ0v) is 9.74. The second-order valence-electron chi connectivity index (χ2n) is 4.21. The average molecular weight is 243 g/mol. The molecule has 1 amide bonds. The van der Waals surface area contributed by atoms with E-state index in [-0.39, 0.29) is 12.1 Å². The molecule has 1 aromatic carbocycles. The number of para-hydroxylation sites is 1. The van der Waals surface area contributed by atoms with Crippen molar-refractivity contribution in [3.05, 3.63) is 48.5 Å². The topological polar surface area (TPSA) is 56.1 Å². The van der Waals surface area contributed by atoms with Gasteiger partial charge in [0.1, 0.15) is 18.2 Å². The summed E-state index contributed by atoms with van der Waals surface area (Å²) in [4.78, 5) is 15.5. The van der Waals surface area contributed by atoms with E-state index in [1.807, 2.05) is 24.3 Å². The fourth-order valence-electron chi connectivity index (χ4n) is 2.04. The average Bonchev–Trinajstić information content (AvgIpc) is 3.04. The van der Waals surface area contributed by atoms with E-state index in [1.165, 1.54) is 16.5 Å². The van der Waals surface area contributed by atoms with Crippen LogP contribution >= 0.6 is 0 Å². The molecule has 0 saturated carbocycles. The summed E-state index contributed by atoms with van der Waals surface area (Å²) >= 11 is 0. The third kappa shape index (κ3) is 2.07. The van der Waals surface area contributed by atoms with Crippen molar-refractivity contribution in [2.75, 3.05) is 6.54 Å². The maximum absolute atomic E-state index is 11.7. The summed E-state index contributed by atoms with van der Waals surface area (Å²) < 4.78 is 7.14. The van der Waals surface area contributed by atoms with Gasteiger partial charge >= 0.3 is 6.03 Å². The van der Waals surface area contributed by atoms with E-state index in [9.17, 15) is 4.79 Å². The number of carbonyl (C=O) groups excluding carboxylic acids is 1. The number of hydrogen-bond acceptors (Lipinski definition) is 3. The van der Waals surface area contributed by atoms with E-state index in [1.54, 1.807) is 12.4 Å². The van der Waals surface area contributed by atoms with Crippen LogP contribution in [-0.4, -0.2) is 28.2 Å². The predicted molar refractivity (Wildman–Crippen MR) is 65.6 cm³/mol. The third-order valence-corrected chi connectivity index (χ3v) is 2.93. The number of fused-ring (bicyclic) bond motifs is 1. The van der Waals surface area contributed by atoms with Crippen LogP contribution in [0, 0.1) is 0 Å². The molecule has 0 aliphatic carbocycles. The van der Waals surface area contributed by atoms with E-state index in [2.05, 4.69) is 10.3 Å². The Kier molecular flexibility index (Phi) is 2.72.